The molecule has 6 heteroatoms. The van der Waals surface area contributed by atoms with Gasteiger partial charge in [-0.2, -0.15) is 10.4 Å². The maximum absolute atomic E-state index is 12.4. The fraction of sp³-hybridized carbons (Fsp3) is 0.333. The summed E-state index contributed by atoms with van der Waals surface area (Å²) >= 11 is 0. The Kier molecular flexibility index (Phi) is 4.84. The molecular formula is C18H20N4O2. The van der Waals surface area contributed by atoms with Crippen LogP contribution in [0, 0.1) is 25.2 Å². The number of Topliss-reactive ketones (excluding diaryl/α,β-unsaturated/α-hetero) is 1. The van der Waals surface area contributed by atoms with Crippen molar-refractivity contribution in [3.63, 3.8) is 0 Å². The van der Waals surface area contributed by atoms with Crippen LogP contribution in [0.15, 0.2) is 33.9 Å². The fourth-order valence-electron chi connectivity index (χ4n) is 1.96. The Morgan fingerprint density at radius 3 is 2.58 bits per heavy atom. The van der Waals surface area contributed by atoms with Crippen LogP contribution in [0.4, 0.5) is 5.69 Å². The summed E-state index contributed by atoms with van der Waals surface area (Å²) in [5.41, 5.74) is 5.06. The molecule has 2 rings (SSSR count). The molecule has 0 aliphatic rings. The lowest BCUT2D eigenvalue weighted by Gasteiger charge is -2.12. The highest BCUT2D eigenvalue weighted by Gasteiger charge is 2.24. The van der Waals surface area contributed by atoms with E-state index >= 15 is 0 Å². The molecule has 2 aromatic rings. The van der Waals surface area contributed by atoms with Crippen LogP contribution >= 0.6 is 0 Å². The third kappa shape index (κ3) is 3.87. The molecule has 0 atom stereocenters. The highest BCUT2D eigenvalue weighted by atomic mass is 16.5. The Balaban J connectivity index is 2.24. The van der Waals surface area contributed by atoms with Crippen LogP contribution in [0.2, 0.25) is 0 Å². The second-order valence-electron chi connectivity index (χ2n) is 6.66. The topological polar surface area (TPSA) is 91.3 Å². The minimum atomic E-state index is -0.574. The van der Waals surface area contributed by atoms with E-state index in [0.29, 0.717) is 5.76 Å². The van der Waals surface area contributed by atoms with Crippen LogP contribution in [0.5, 0.6) is 0 Å². The zero-order valence-electron chi connectivity index (χ0n) is 14.5. The molecule has 0 aliphatic heterocycles. The van der Waals surface area contributed by atoms with Crippen molar-refractivity contribution in [2.45, 2.75) is 40.0 Å². The van der Waals surface area contributed by atoms with Crippen molar-refractivity contribution in [1.82, 2.24) is 5.16 Å². The van der Waals surface area contributed by atoms with Crippen molar-refractivity contribution < 1.29 is 9.32 Å². The number of nitrogens with zero attached hydrogens (tertiary/aromatic N) is 3. The molecule has 1 heterocycles. The van der Waals surface area contributed by atoms with Crippen molar-refractivity contribution in [3.05, 3.63) is 46.8 Å². The van der Waals surface area contributed by atoms with Crippen molar-refractivity contribution in [1.29, 1.82) is 5.26 Å². The summed E-state index contributed by atoms with van der Waals surface area (Å²) in [6, 6.07) is 9.17. The Bertz CT molecular complexity index is 835. The molecule has 124 valence electrons. The predicted octanol–water partition coefficient (Wildman–Crippen LogP) is 3.76. The molecule has 1 aromatic carbocycles. The number of rotatable bonds is 4. The van der Waals surface area contributed by atoms with Gasteiger partial charge in [-0.3, -0.25) is 10.2 Å². The second kappa shape index (κ2) is 6.67. The van der Waals surface area contributed by atoms with E-state index in [0.717, 1.165) is 16.8 Å². The van der Waals surface area contributed by atoms with E-state index < -0.39 is 5.78 Å². The molecule has 0 fully saturated rings. The van der Waals surface area contributed by atoms with Crippen molar-refractivity contribution in [3.8, 4) is 6.07 Å². The van der Waals surface area contributed by atoms with Gasteiger partial charge in [-0.25, -0.2) is 0 Å². The van der Waals surface area contributed by atoms with Gasteiger partial charge in [-0.15, -0.1) is 0 Å². The second-order valence-corrected chi connectivity index (χ2v) is 6.66. The fourth-order valence-corrected chi connectivity index (χ4v) is 1.96. The Labute approximate surface area is 141 Å². The van der Waals surface area contributed by atoms with Gasteiger partial charge in [0, 0.05) is 11.5 Å². The average Bonchev–Trinajstić information content (AvgIpc) is 3.01. The average molecular weight is 324 g/mol. The molecule has 0 saturated heterocycles. The molecule has 1 aromatic heterocycles. The lowest BCUT2D eigenvalue weighted by Crippen LogP contribution is -2.15. The number of ketones is 1. The molecule has 1 N–H and O–H groups in total. The van der Waals surface area contributed by atoms with Gasteiger partial charge >= 0.3 is 0 Å². The largest absolute Gasteiger partial charge is 0.360 e. The third-order valence-electron chi connectivity index (χ3n) is 3.48. The number of hydrogen-bond donors (Lipinski definition) is 1. The summed E-state index contributed by atoms with van der Waals surface area (Å²) in [5, 5.41) is 16.9. The third-order valence-corrected chi connectivity index (χ3v) is 3.48. The summed E-state index contributed by atoms with van der Waals surface area (Å²) in [6.45, 7) is 9.71. The first-order valence-corrected chi connectivity index (χ1v) is 7.55. The molecule has 0 spiro atoms. The van der Waals surface area contributed by atoms with Crippen molar-refractivity contribution >= 4 is 17.2 Å². The Morgan fingerprint density at radius 2 is 2.00 bits per heavy atom. The van der Waals surface area contributed by atoms with Gasteiger partial charge in [0.2, 0.25) is 11.5 Å². The smallest absolute Gasteiger partial charge is 0.245 e. The predicted molar refractivity (Wildman–Crippen MR) is 92.1 cm³/mol. The first kappa shape index (κ1) is 17.4. The molecule has 24 heavy (non-hydrogen) atoms. The number of nitriles is 1. The lowest BCUT2D eigenvalue weighted by molar-refractivity contribution is 0.105. The lowest BCUT2D eigenvalue weighted by atomic mass is 9.93. The molecular weight excluding hydrogens is 304 g/mol. The maximum atomic E-state index is 12.4. The number of hydrogen-bond acceptors (Lipinski definition) is 6. The van der Waals surface area contributed by atoms with Gasteiger partial charge in [-0.05, 0) is 31.0 Å². The highest BCUT2D eigenvalue weighted by molar-refractivity contribution is 6.51. The van der Waals surface area contributed by atoms with Gasteiger partial charge in [0.25, 0.3) is 0 Å². The monoisotopic (exact) mass is 324 g/mol. The van der Waals surface area contributed by atoms with Gasteiger partial charge in [0.1, 0.15) is 11.8 Å². The zero-order chi connectivity index (χ0) is 17.9. The first-order chi connectivity index (χ1) is 11.2. The van der Waals surface area contributed by atoms with Crippen LogP contribution in [0.25, 0.3) is 0 Å². The van der Waals surface area contributed by atoms with E-state index in [1.165, 1.54) is 0 Å². The molecule has 0 bridgehead atoms. The minimum absolute atomic E-state index is 0.0722. The van der Waals surface area contributed by atoms with Gasteiger partial charge in [0.15, 0.2) is 5.69 Å². The van der Waals surface area contributed by atoms with Crippen LogP contribution < -0.4 is 5.43 Å². The van der Waals surface area contributed by atoms with Gasteiger partial charge in [0.05, 0.1) is 5.69 Å². The van der Waals surface area contributed by atoms with E-state index in [-0.39, 0.29) is 16.8 Å². The quantitative estimate of drug-likeness (QED) is 0.525. The molecule has 0 amide bonds. The standard InChI is InChI=1S/C18H20N4O2/c1-11-6-7-12(2)13(8-11)20-21-15(10-19)17(23)14-9-16(24-22-14)18(3,4)5/h6-9,20H,1-5H3/b21-15+. The molecule has 0 aliphatic carbocycles. The van der Waals surface area contributed by atoms with E-state index in [1.807, 2.05) is 58.9 Å². The molecule has 0 unspecified atom stereocenters. The van der Waals surface area contributed by atoms with Crippen LogP contribution in [0.3, 0.4) is 0 Å². The normalized spacial score (nSPS) is 11.9. The summed E-state index contributed by atoms with van der Waals surface area (Å²) in [5.74, 6) is 0.000170. The summed E-state index contributed by atoms with van der Waals surface area (Å²) < 4.78 is 5.19. The number of carbonyl (C=O) groups is 1. The van der Waals surface area contributed by atoms with Gasteiger partial charge < -0.3 is 4.52 Å². The Morgan fingerprint density at radius 1 is 1.29 bits per heavy atom. The van der Waals surface area contributed by atoms with E-state index in [9.17, 15) is 10.1 Å². The van der Waals surface area contributed by atoms with Crippen LogP contribution in [-0.4, -0.2) is 16.7 Å². The van der Waals surface area contributed by atoms with E-state index in [4.69, 9.17) is 4.52 Å². The van der Waals surface area contributed by atoms with Crippen molar-refractivity contribution in [2.75, 3.05) is 5.43 Å². The number of aryl methyl sites for hydroxylation is 2. The molecule has 0 saturated carbocycles. The number of nitrogens with one attached hydrogen (secondary N) is 1. The SMILES string of the molecule is Cc1ccc(C)c(N/N=C(\C#N)C(=O)c2cc(C(C)(C)C)on2)c1. The Hall–Kier alpha value is -2.94. The van der Waals surface area contributed by atoms with Gasteiger partial charge in [-0.1, -0.05) is 38.1 Å². The van der Waals surface area contributed by atoms with E-state index in [1.54, 1.807) is 6.07 Å². The number of aromatic nitrogens is 1. The zero-order valence-corrected chi connectivity index (χ0v) is 14.5. The van der Waals surface area contributed by atoms with E-state index in [2.05, 4.69) is 15.7 Å². The van der Waals surface area contributed by atoms with Crippen LogP contribution in [-0.2, 0) is 5.41 Å². The molecule has 0 radical (unpaired) electrons. The van der Waals surface area contributed by atoms with Crippen molar-refractivity contribution in [2.24, 2.45) is 5.10 Å². The summed E-state index contributed by atoms with van der Waals surface area (Å²) in [7, 11) is 0. The van der Waals surface area contributed by atoms with Crippen LogP contribution in [0.1, 0.15) is 48.1 Å². The number of hydrazone groups is 1. The summed E-state index contributed by atoms with van der Waals surface area (Å²) in [4.78, 5) is 12.4. The maximum Gasteiger partial charge on any atom is 0.245 e. The minimum Gasteiger partial charge on any atom is -0.360 e. The number of anilines is 1. The summed E-state index contributed by atoms with van der Waals surface area (Å²) in [6.07, 6.45) is 0. The number of carbonyl (C=O) groups excluding carboxylic acids is 1. The molecule has 6 nitrogen and oxygen atoms in total. The first-order valence-electron chi connectivity index (χ1n) is 7.55. The highest BCUT2D eigenvalue weighted by Crippen LogP contribution is 2.23. The number of benzene rings is 1.